The Morgan fingerprint density at radius 2 is 1.04 bits per heavy atom. The van der Waals surface area contributed by atoms with E-state index in [4.69, 9.17) is 0 Å². The van der Waals surface area contributed by atoms with Crippen molar-refractivity contribution in [3.05, 3.63) is 17.7 Å². The van der Waals surface area contributed by atoms with Gasteiger partial charge in [-0.05, 0) is 18.5 Å². The average Bonchev–Trinajstić information content (AvgIpc) is 2.37. The second kappa shape index (κ2) is 7.76. The second-order valence-electron chi connectivity index (χ2n) is 6.57. The van der Waals surface area contributed by atoms with Gasteiger partial charge in [-0.3, -0.25) is 0 Å². The predicted octanol–water partition coefficient (Wildman–Crippen LogP) is 5.69. The Labute approximate surface area is 153 Å². The molecule has 4 nitrogen and oxygen atoms in total. The SMILES string of the molecule is CNC(c1cc(OC(F)(F)F)c(OC(F)(F)F)cc1OC(F)(F)F)C(C)(C)C. The number of hydrogen-bond acceptors (Lipinski definition) is 4. The predicted molar refractivity (Wildman–Crippen MR) is 77.7 cm³/mol. The van der Waals surface area contributed by atoms with Gasteiger partial charge in [-0.15, -0.1) is 39.5 Å². The molecule has 0 aromatic heterocycles. The number of nitrogens with one attached hydrogen (secondary N) is 1. The number of ether oxygens (including phenoxy) is 3. The van der Waals surface area contributed by atoms with Crippen LogP contribution in [0.15, 0.2) is 12.1 Å². The van der Waals surface area contributed by atoms with Crippen LogP contribution in [-0.2, 0) is 0 Å². The molecule has 1 aromatic rings. The number of halogens is 9. The molecule has 0 amide bonds. The molecule has 0 bridgehead atoms. The second-order valence-corrected chi connectivity index (χ2v) is 6.57. The molecule has 0 aliphatic carbocycles. The minimum Gasteiger partial charge on any atom is -0.405 e. The number of hydrogen-bond donors (Lipinski definition) is 1. The van der Waals surface area contributed by atoms with Crippen LogP contribution in [0.5, 0.6) is 17.2 Å². The van der Waals surface area contributed by atoms with Crippen molar-refractivity contribution in [3.63, 3.8) is 0 Å². The van der Waals surface area contributed by atoms with E-state index in [0.29, 0.717) is 6.07 Å². The van der Waals surface area contributed by atoms with Gasteiger partial charge in [0.25, 0.3) is 0 Å². The molecular weight excluding hydrogens is 413 g/mol. The van der Waals surface area contributed by atoms with Crippen molar-refractivity contribution in [3.8, 4) is 17.2 Å². The summed E-state index contributed by atoms with van der Waals surface area (Å²) in [6, 6.07) is -0.643. The summed E-state index contributed by atoms with van der Waals surface area (Å²) in [6.07, 6.45) is -16.2. The van der Waals surface area contributed by atoms with E-state index in [1.807, 2.05) is 0 Å². The van der Waals surface area contributed by atoms with Crippen LogP contribution in [0.3, 0.4) is 0 Å². The average molecular weight is 429 g/mol. The van der Waals surface area contributed by atoms with Crippen LogP contribution >= 0.6 is 0 Å². The van der Waals surface area contributed by atoms with E-state index >= 15 is 0 Å². The molecule has 0 fully saturated rings. The molecule has 0 saturated heterocycles. The fraction of sp³-hybridized carbons (Fsp3) is 0.600. The lowest BCUT2D eigenvalue weighted by Gasteiger charge is -2.32. The zero-order chi connectivity index (χ0) is 22.1. The van der Waals surface area contributed by atoms with Crippen molar-refractivity contribution < 1.29 is 53.7 Å². The van der Waals surface area contributed by atoms with Gasteiger partial charge in [0.05, 0.1) is 0 Å². The maximum atomic E-state index is 12.7. The third-order valence-electron chi connectivity index (χ3n) is 3.22. The van der Waals surface area contributed by atoms with Crippen molar-refractivity contribution in [1.29, 1.82) is 0 Å². The van der Waals surface area contributed by atoms with E-state index in [1.54, 1.807) is 0 Å². The van der Waals surface area contributed by atoms with Gasteiger partial charge in [0.15, 0.2) is 11.5 Å². The van der Waals surface area contributed by atoms with Gasteiger partial charge >= 0.3 is 19.1 Å². The van der Waals surface area contributed by atoms with Crippen molar-refractivity contribution in [1.82, 2.24) is 5.32 Å². The molecular formula is C15H16F9NO3. The highest BCUT2D eigenvalue weighted by Crippen LogP contribution is 2.46. The molecule has 13 heteroatoms. The van der Waals surface area contributed by atoms with E-state index in [1.165, 1.54) is 27.8 Å². The molecule has 1 aromatic carbocycles. The molecule has 1 unspecified atom stereocenters. The Kier molecular flexibility index (Phi) is 6.65. The smallest absolute Gasteiger partial charge is 0.405 e. The molecule has 1 N–H and O–H groups in total. The van der Waals surface area contributed by atoms with Gasteiger partial charge in [0.1, 0.15) is 5.75 Å². The van der Waals surface area contributed by atoms with Gasteiger partial charge in [-0.25, -0.2) is 0 Å². The summed E-state index contributed by atoms with van der Waals surface area (Å²) in [7, 11) is 1.30. The Balaban J connectivity index is 3.72. The first-order chi connectivity index (χ1) is 12.3. The molecule has 0 aliphatic heterocycles. The monoisotopic (exact) mass is 429 g/mol. The summed E-state index contributed by atoms with van der Waals surface area (Å²) in [5.74, 6) is -4.29. The normalized spacial score (nSPS) is 14.6. The molecule has 0 heterocycles. The van der Waals surface area contributed by atoms with Crippen LogP contribution in [0, 0.1) is 5.41 Å². The third kappa shape index (κ3) is 7.52. The van der Waals surface area contributed by atoms with Crippen molar-refractivity contribution in [2.45, 2.75) is 45.9 Å². The van der Waals surface area contributed by atoms with Crippen LogP contribution in [0.1, 0.15) is 32.4 Å². The summed E-state index contributed by atoms with van der Waals surface area (Å²) < 4.78 is 124. The van der Waals surface area contributed by atoms with Gasteiger partial charge in [-0.2, -0.15) is 0 Å². The van der Waals surface area contributed by atoms with Crippen LogP contribution in [0.25, 0.3) is 0 Å². The minimum absolute atomic E-state index is 0.0491. The standard InChI is InChI=1S/C15H16F9NO3/c1-12(2,3)11(25-4)7-5-9(27-14(19,20)21)10(28-15(22,23)24)6-8(7)26-13(16,17)18/h5-6,11,25H,1-4H3. The highest BCUT2D eigenvalue weighted by molar-refractivity contribution is 5.52. The molecule has 1 atom stereocenters. The maximum absolute atomic E-state index is 12.7. The van der Waals surface area contributed by atoms with E-state index in [9.17, 15) is 39.5 Å². The Morgan fingerprint density at radius 3 is 1.36 bits per heavy atom. The first-order valence-corrected chi connectivity index (χ1v) is 7.45. The summed E-state index contributed by atoms with van der Waals surface area (Å²) in [4.78, 5) is 0. The largest absolute Gasteiger partial charge is 0.573 e. The summed E-state index contributed by atoms with van der Waals surface area (Å²) in [5, 5.41) is 2.60. The van der Waals surface area contributed by atoms with Gasteiger partial charge in [0, 0.05) is 17.7 Å². The Hall–Kier alpha value is -2.05. The lowest BCUT2D eigenvalue weighted by atomic mass is 9.82. The molecule has 0 spiro atoms. The van der Waals surface area contributed by atoms with Gasteiger partial charge in [-0.1, -0.05) is 20.8 Å². The van der Waals surface area contributed by atoms with E-state index in [2.05, 4.69) is 19.5 Å². The topological polar surface area (TPSA) is 39.7 Å². The van der Waals surface area contributed by atoms with Crippen molar-refractivity contribution in [2.75, 3.05) is 7.05 Å². The zero-order valence-electron chi connectivity index (χ0n) is 14.9. The lowest BCUT2D eigenvalue weighted by Crippen LogP contribution is -2.31. The summed E-state index contributed by atoms with van der Waals surface area (Å²) in [5.41, 5.74) is -1.39. The summed E-state index contributed by atoms with van der Waals surface area (Å²) >= 11 is 0. The lowest BCUT2D eigenvalue weighted by molar-refractivity contribution is -0.288. The van der Waals surface area contributed by atoms with Gasteiger partial charge in [0.2, 0.25) is 0 Å². The fourth-order valence-electron chi connectivity index (χ4n) is 2.46. The summed E-state index contributed by atoms with van der Waals surface area (Å²) in [6.45, 7) is 4.61. The van der Waals surface area contributed by atoms with Crippen LogP contribution in [0.2, 0.25) is 0 Å². The fourth-order valence-corrected chi connectivity index (χ4v) is 2.46. The van der Waals surface area contributed by atoms with E-state index < -0.39 is 53.4 Å². The highest BCUT2D eigenvalue weighted by Gasteiger charge is 2.40. The molecule has 1 rings (SSSR count). The number of alkyl halides is 9. The van der Waals surface area contributed by atoms with E-state index in [0.717, 1.165) is 0 Å². The quantitative estimate of drug-likeness (QED) is 0.611. The van der Waals surface area contributed by atoms with Crippen LogP contribution in [0.4, 0.5) is 39.5 Å². The molecule has 0 radical (unpaired) electrons. The van der Waals surface area contributed by atoms with Crippen molar-refractivity contribution >= 4 is 0 Å². The highest BCUT2D eigenvalue weighted by atomic mass is 19.4. The Morgan fingerprint density at radius 1 is 0.679 bits per heavy atom. The third-order valence-corrected chi connectivity index (χ3v) is 3.22. The molecule has 0 saturated carbocycles. The molecule has 162 valence electrons. The van der Waals surface area contributed by atoms with Crippen molar-refractivity contribution in [2.24, 2.45) is 5.41 Å². The van der Waals surface area contributed by atoms with Crippen LogP contribution in [-0.4, -0.2) is 26.1 Å². The number of benzene rings is 1. The molecule has 0 aliphatic rings. The zero-order valence-corrected chi connectivity index (χ0v) is 14.9. The molecule has 28 heavy (non-hydrogen) atoms. The first kappa shape index (κ1) is 24.0. The minimum atomic E-state index is -5.49. The number of rotatable bonds is 5. The van der Waals surface area contributed by atoms with Crippen LogP contribution < -0.4 is 19.5 Å². The maximum Gasteiger partial charge on any atom is 0.573 e. The Bertz CT molecular complexity index is 676. The first-order valence-electron chi connectivity index (χ1n) is 7.45. The van der Waals surface area contributed by atoms with Gasteiger partial charge < -0.3 is 19.5 Å². The van der Waals surface area contributed by atoms with E-state index in [-0.39, 0.29) is 6.07 Å².